The fraction of sp³-hybridized carbons (Fsp3) is 0.100. The van der Waals surface area contributed by atoms with Gasteiger partial charge in [-0.3, -0.25) is 27.3 Å². The van der Waals surface area contributed by atoms with Crippen molar-refractivity contribution in [2.24, 2.45) is 30.7 Å². The summed E-state index contributed by atoms with van der Waals surface area (Å²) in [4.78, 5) is -0.980. The molecule has 410 valence electrons. The van der Waals surface area contributed by atoms with E-state index in [1.807, 2.05) is 0 Å². The molecule has 0 atom stereocenters. The van der Waals surface area contributed by atoms with Gasteiger partial charge < -0.3 is 14.9 Å². The van der Waals surface area contributed by atoms with Crippen LogP contribution in [0.5, 0.6) is 17.4 Å². The molecule has 78 heavy (non-hydrogen) atoms. The standard InChI is InChI=1S/C40H30ClN9O21S7/c1-18-11-30(32(71-9-2-10-73(53,54)55)16-29(18)46-49-40-43-27-8-5-25(41)38(36(27)72-40)78(68,69)70)47-44-26-6-4-22-21(35(26)51)3-7-28(37(22)77(65,66)67)45-48-31-17-42-50(39(31)52)19-12-23-24(33(13-19)75(59,60)61)14-20(74(56,57)58)15-34(23)76(62,63)64/h3-8,11-17,51-52H,2,9-10H2,1H3,(H,53,54,55)(H,56,57,58)(H,59,60,61)(H,62,63,64)(H,65,66,67)(H,68,69,70). The monoisotopic (exact) mass is 1230 g/mol. The second kappa shape index (κ2) is 20.6. The summed E-state index contributed by atoms with van der Waals surface area (Å²) in [5.74, 6) is -2.50. The van der Waals surface area contributed by atoms with Gasteiger partial charge in [0, 0.05) is 27.6 Å². The highest BCUT2D eigenvalue weighted by molar-refractivity contribution is 7.87. The third-order valence-electron chi connectivity index (χ3n) is 10.7. The molecule has 0 amide bonds. The molecule has 8 rings (SSSR count). The van der Waals surface area contributed by atoms with Crippen LogP contribution in [0.3, 0.4) is 0 Å². The largest absolute Gasteiger partial charge is 0.505 e. The van der Waals surface area contributed by atoms with Gasteiger partial charge in [-0.2, -0.15) is 60.3 Å². The maximum atomic E-state index is 12.9. The molecule has 0 aliphatic rings. The summed E-state index contributed by atoms with van der Waals surface area (Å²) in [6.45, 7) is 1.25. The van der Waals surface area contributed by atoms with Crippen LogP contribution in [-0.4, -0.2) is 115 Å². The first-order valence-corrected chi connectivity index (χ1v) is 30.7. The van der Waals surface area contributed by atoms with E-state index >= 15 is 0 Å². The van der Waals surface area contributed by atoms with Gasteiger partial charge in [-0.25, -0.2) is 4.98 Å². The van der Waals surface area contributed by atoms with Gasteiger partial charge in [0.05, 0.1) is 50.1 Å². The number of hydrogen-bond acceptors (Lipinski definition) is 24. The van der Waals surface area contributed by atoms with Crippen LogP contribution in [0.1, 0.15) is 12.0 Å². The average Bonchev–Trinajstić information content (AvgIpc) is 4.01. The summed E-state index contributed by atoms with van der Waals surface area (Å²) in [7, 11) is -30.5. The van der Waals surface area contributed by atoms with Crippen molar-refractivity contribution < 1.29 is 92.8 Å². The van der Waals surface area contributed by atoms with E-state index in [1.54, 1.807) is 6.92 Å². The maximum Gasteiger partial charge on any atom is 0.297 e. The number of thiazole rings is 1. The minimum atomic E-state index is -5.42. The van der Waals surface area contributed by atoms with Gasteiger partial charge in [0.25, 0.3) is 60.7 Å². The first kappa shape index (κ1) is 57.1. The highest BCUT2D eigenvalue weighted by Gasteiger charge is 2.28. The number of nitrogens with zero attached hydrogens (tertiary/aromatic N) is 9. The third-order valence-corrected chi connectivity index (χ3v) is 17.5. The van der Waals surface area contributed by atoms with Crippen LogP contribution in [0.4, 0.5) is 33.6 Å². The molecule has 0 bridgehead atoms. The number of phenols is 1. The van der Waals surface area contributed by atoms with Gasteiger partial charge >= 0.3 is 0 Å². The summed E-state index contributed by atoms with van der Waals surface area (Å²) >= 11 is 6.76. The Hall–Kier alpha value is -7.11. The van der Waals surface area contributed by atoms with Gasteiger partial charge in [-0.15, -0.1) is 30.7 Å². The number of aryl methyl sites for hydroxylation is 1. The number of ether oxygens (including phenoxy) is 1. The van der Waals surface area contributed by atoms with Crippen molar-refractivity contribution in [3.63, 3.8) is 0 Å². The predicted molar refractivity (Wildman–Crippen MR) is 272 cm³/mol. The number of rotatable bonds is 17. The Morgan fingerprint density at radius 3 is 1.82 bits per heavy atom. The maximum absolute atomic E-state index is 12.9. The van der Waals surface area contributed by atoms with Crippen molar-refractivity contribution in [1.82, 2.24) is 14.8 Å². The molecule has 0 saturated heterocycles. The highest BCUT2D eigenvalue weighted by atomic mass is 35.5. The SMILES string of the molecule is Cc1cc(N=Nc2ccc3c(S(=O)(=O)O)c(N=Nc4cnn(-c5cc(S(=O)(=O)O)c6cc(S(=O)(=O)O)cc(S(=O)(=O)O)c6c5)c4O)ccc3c2O)c(OCCCS(=O)(=O)O)cc1N=Nc1nc2ccc(Cl)c(S(=O)(=O)O)c2s1. The smallest absolute Gasteiger partial charge is 0.297 e. The zero-order chi connectivity index (χ0) is 57.2. The molecule has 0 radical (unpaired) electrons. The average molecular weight is 1230 g/mol. The lowest BCUT2D eigenvalue weighted by Gasteiger charge is -2.13. The lowest BCUT2D eigenvalue weighted by Crippen LogP contribution is -2.08. The van der Waals surface area contributed by atoms with Gasteiger partial charge in [-0.05, 0) is 79.6 Å². The second-order valence-corrected chi connectivity index (χ2v) is 25.8. The van der Waals surface area contributed by atoms with Crippen molar-refractivity contribution in [3.8, 4) is 23.1 Å². The molecular weight excluding hydrogens is 1200 g/mol. The number of fused-ring (bicyclic) bond motifs is 3. The molecule has 2 heterocycles. The predicted octanol–water partition coefficient (Wildman–Crippen LogP) is 8.30. The van der Waals surface area contributed by atoms with E-state index in [9.17, 15) is 88.0 Å². The Labute approximate surface area is 447 Å². The van der Waals surface area contributed by atoms with Crippen LogP contribution in [-0.2, 0) is 60.7 Å². The third kappa shape index (κ3) is 12.1. The number of azo groups is 3. The van der Waals surface area contributed by atoms with E-state index in [2.05, 4.69) is 40.8 Å². The Balaban J connectivity index is 1.13. The van der Waals surface area contributed by atoms with Crippen molar-refractivity contribution in [2.45, 2.75) is 37.8 Å². The number of halogens is 1. The number of aromatic nitrogens is 3. The Morgan fingerprint density at radius 1 is 0.590 bits per heavy atom. The van der Waals surface area contributed by atoms with Gasteiger partial charge in [-0.1, -0.05) is 29.0 Å². The van der Waals surface area contributed by atoms with E-state index in [0.717, 1.165) is 47.9 Å². The number of aromatic hydroxyl groups is 2. The molecule has 8 N–H and O–H groups in total. The van der Waals surface area contributed by atoms with Crippen LogP contribution in [0.2, 0.25) is 5.02 Å². The Bertz CT molecular complexity index is 4690. The van der Waals surface area contributed by atoms with Crippen molar-refractivity contribution in [3.05, 3.63) is 89.6 Å². The van der Waals surface area contributed by atoms with Crippen LogP contribution >= 0.6 is 22.9 Å². The molecule has 6 aromatic carbocycles. The van der Waals surface area contributed by atoms with E-state index in [0.29, 0.717) is 22.4 Å². The molecule has 0 aliphatic heterocycles. The van der Waals surface area contributed by atoms with Crippen molar-refractivity contribution in [1.29, 1.82) is 0 Å². The molecule has 0 fully saturated rings. The van der Waals surface area contributed by atoms with E-state index in [1.165, 1.54) is 24.3 Å². The summed E-state index contributed by atoms with van der Waals surface area (Å²) in [5, 5.41) is 47.8. The molecular formula is C40H30ClN9O21S7. The highest BCUT2D eigenvalue weighted by Crippen LogP contribution is 2.45. The fourth-order valence-electron chi connectivity index (χ4n) is 7.33. The summed E-state index contributed by atoms with van der Waals surface area (Å²) in [5.41, 5.74) is -1.55. The number of hydrogen-bond donors (Lipinski definition) is 8. The molecule has 0 spiro atoms. The molecule has 38 heteroatoms. The Morgan fingerprint density at radius 2 is 1.18 bits per heavy atom. The van der Waals surface area contributed by atoms with Gasteiger partial charge in [0.1, 0.15) is 42.4 Å². The topological polar surface area (TPSA) is 481 Å². The lowest BCUT2D eigenvalue weighted by molar-refractivity contribution is 0.317. The van der Waals surface area contributed by atoms with E-state index in [4.69, 9.17) is 16.3 Å². The summed E-state index contributed by atoms with van der Waals surface area (Å²) < 4.78 is 211. The molecule has 30 nitrogen and oxygen atoms in total. The fourth-order valence-corrected chi connectivity index (χ4v) is 13.1. The van der Waals surface area contributed by atoms with E-state index < -0.39 is 130 Å². The van der Waals surface area contributed by atoms with Crippen LogP contribution in [0, 0.1) is 6.92 Å². The normalized spacial score (nSPS) is 13.3. The minimum Gasteiger partial charge on any atom is -0.505 e. The molecule has 0 unspecified atom stereocenters. The molecule has 0 saturated carbocycles. The quantitative estimate of drug-likeness (QED) is 0.0241. The lowest BCUT2D eigenvalue weighted by atomic mass is 10.1. The first-order valence-electron chi connectivity index (χ1n) is 20.7. The first-order chi connectivity index (χ1) is 36.1. The van der Waals surface area contributed by atoms with Gasteiger partial charge in [0.2, 0.25) is 11.0 Å². The van der Waals surface area contributed by atoms with Crippen molar-refractivity contribution in [2.75, 3.05) is 12.4 Å². The molecule has 2 aromatic heterocycles. The molecule has 8 aromatic rings. The minimum absolute atomic E-state index is 0.00537. The summed E-state index contributed by atoms with van der Waals surface area (Å²) in [6.07, 6.45) is 0.570. The second-order valence-electron chi connectivity index (χ2n) is 16.0. The van der Waals surface area contributed by atoms with Crippen molar-refractivity contribution >= 4 is 149 Å². The van der Waals surface area contributed by atoms with Crippen LogP contribution in [0.25, 0.3) is 37.4 Å². The number of benzene rings is 6. The van der Waals surface area contributed by atoms with Crippen LogP contribution in [0.15, 0.2) is 134 Å². The zero-order valence-electron chi connectivity index (χ0n) is 38.3. The summed E-state index contributed by atoms with van der Waals surface area (Å²) in [6, 6.07) is 11.7. The zero-order valence-corrected chi connectivity index (χ0v) is 44.7. The molecule has 0 aliphatic carbocycles. The van der Waals surface area contributed by atoms with E-state index in [-0.39, 0.29) is 73.0 Å². The Kier molecular flexibility index (Phi) is 15.1. The number of phenolic OH excluding ortho intramolecular Hbond substituents is 1. The van der Waals surface area contributed by atoms with Gasteiger partial charge in [0.15, 0.2) is 11.4 Å². The van der Waals surface area contributed by atoms with Crippen LogP contribution < -0.4 is 4.74 Å².